The van der Waals surface area contributed by atoms with Gasteiger partial charge in [0.15, 0.2) is 0 Å². The second-order valence-corrected chi connectivity index (χ2v) is 6.95. The third-order valence-corrected chi connectivity index (χ3v) is 4.03. The van der Waals surface area contributed by atoms with E-state index in [-0.39, 0.29) is 11.3 Å². The third kappa shape index (κ3) is 5.41. The van der Waals surface area contributed by atoms with Gasteiger partial charge in [-0.05, 0) is 36.8 Å². The fraction of sp³-hybridized carbons (Fsp3) is 0.611. The van der Waals surface area contributed by atoms with Crippen LogP contribution < -0.4 is 10.6 Å². The number of hydrogen-bond acceptors (Lipinski definition) is 2. The molecule has 0 heterocycles. The van der Waals surface area contributed by atoms with Crippen molar-refractivity contribution in [3.63, 3.8) is 0 Å². The summed E-state index contributed by atoms with van der Waals surface area (Å²) in [7, 11) is 0. The van der Waals surface area contributed by atoms with E-state index in [4.69, 9.17) is 0 Å². The molecule has 0 aliphatic heterocycles. The zero-order valence-corrected chi connectivity index (χ0v) is 14.3. The number of benzene rings is 1. The van der Waals surface area contributed by atoms with E-state index in [0.717, 1.165) is 29.8 Å². The molecule has 1 amide bonds. The smallest absolute Gasteiger partial charge is 0.253 e. The molecule has 0 saturated heterocycles. The first kappa shape index (κ1) is 17.5. The largest absolute Gasteiger partial charge is 0.384 e. The van der Waals surface area contributed by atoms with Gasteiger partial charge in [0.05, 0.1) is 5.56 Å². The molecule has 1 atom stereocenters. The number of nitrogens with one attached hydrogen (secondary N) is 2. The Balaban J connectivity index is 2.79. The Hall–Kier alpha value is -1.51. The Morgan fingerprint density at radius 3 is 2.52 bits per heavy atom. The first-order chi connectivity index (χ1) is 9.75. The molecule has 0 fully saturated rings. The molecule has 0 aliphatic carbocycles. The molecule has 0 bridgehead atoms. The van der Waals surface area contributed by atoms with Gasteiger partial charge in [0.1, 0.15) is 0 Å². The van der Waals surface area contributed by atoms with Crippen LogP contribution in [0.25, 0.3) is 0 Å². The van der Waals surface area contributed by atoms with Crippen molar-refractivity contribution in [3.8, 4) is 0 Å². The number of anilines is 1. The van der Waals surface area contributed by atoms with E-state index in [2.05, 4.69) is 45.3 Å². The molecule has 2 N–H and O–H groups in total. The Bertz CT molecular complexity index is 475. The summed E-state index contributed by atoms with van der Waals surface area (Å²) in [6, 6.07) is 5.98. The molecule has 0 saturated carbocycles. The Kier molecular flexibility index (Phi) is 6.25. The average molecular weight is 290 g/mol. The lowest BCUT2D eigenvalue weighted by molar-refractivity contribution is 0.0938. The van der Waals surface area contributed by atoms with E-state index in [1.54, 1.807) is 0 Å². The third-order valence-electron chi connectivity index (χ3n) is 4.03. The summed E-state index contributed by atoms with van der Waals surface area (Å²) >= 11 is 0. The van der Waals surface area contributed by atoms with Crippen molar-refractivity contribution in [1.29, 1.82) is 0 Å². The fourth-order valence-corrected chi connectivity index (χ4v) is 1.91. The summed E-state index contributed by atoms with van der Waals surface area (Å²) in [5, 5.41) is 6.40. The van der Waals surface area contributed by atoms with E-state index in [9.17, 15) is 4.79 Å². The van der Waals surface area contributed by atoms with Crippen LogP contribution in [0, 0.1) is 18.3 Å². The lowest BCUT2D eigenvalue weighted by atomic mass is 9.82. The molecule has 21 heavy (non-hydrogen) atoms. The molecule has 118 valence electrons. The molecule has 3 heteroatoms. The minimum absolute atomic E-state index is 0.00778. The van der Waals surface area contributed by atoms with Crippen LogP contribution in [0.4, 0.5) is 5.69 Å². The zero-order chi connectivity index (χ0) is 16.0. The number of carbonyl (C=O) groups excluding carboxylic acids is 1. The predicted octanol–water partition coefficient (Wildman–Crippen LogP) is 4.23. The molecular formula is C18H30N2O. The van der Waals surface area contributed by atoms with Gasteiger partial charge < -0.3 is 10.6 Å². The monoisotopic (exact) mass is 290 g/mol. The first-order valence-electron chi connectivity index (χ1n) is 7.88. The van der Waals surface area contributed by atoms with Gasteiger partial charge in [0.25, 0.3) is 5.91 Å². The maximum atomic E-state index is 12.5. The minimum Gasteiger partial charge on any atom is -0.384 e. The van der Waals surface area contributed by atoms with E-state index >= 15 is 0 Å². The van der Waals surface area contributed by atoms with E-state index in [0.29, 0.717) is 12.5 Å². The highest BCUT2D eigenvalue weighted by Gasteiger charge is 2.21. The highest BCUT2D eigenvalue weighted by molar-refractivity contribution is 5.99. The molecule has 1 rings (SSSR count). The molecular weight excluding hydrogens is 260 g/mol. The predicted molar refractivity (Wildman–Crippen MR) is 90.9 cm³/mol. The van der Waals surface area contributed by atoms with Crippen LogP contribution in [0.2, 0.25) is 0 Å². The Morgan fingerprint density at radius 2 is 1.95 bits per heavy atom. The summed E-state index contributed by atoms with van der Waals surface area (Å²) in [4.78, 5) is 12.5. The highest BCUT2D eigenvalue weighted by Crippen LogP contribution is 2.24. The van der Waals surface area contributed by atoms with E-state index in [1.807, 2.05) is 25.1 Å². The minimum atomic E-state index is 0.00778. The maximum absolute atomic E-state index is 12.5. The molecule has 0 radical (unpaired) electrons. The summed E-state index contributed by atoms with van der Waals surface area (Å²) < 4.78 is 0. The topological polar surface area (TPSA) is 41.1 Å². The van der Waals surface area contributed by atoms with Crippen LogP contribution in [0.5, 0.6) is 0 Å². The number of hydrogen-bond donors (Lipinski definition) is 2. The summed E-state index contributed by atoms with van der Waals surface area (Å²) in [5.74, 6) is 0.437. The van der Waals surface area contributed by atoms with Gasteiger partial charge in [-0.3, -0.25) is 4.79 Å². The van der Waals surface area contributed by atoms with Gasteiger partial charge in [0.2, 0.25) is 0 Å². The van der Waals surface area contributed by atoms with Gasteiger partial charge >= 0.3 is 0 Å². The fourth-order valence-electron chi connectivity index (χ4n) is 1.91. The number of amides is 1. The van der Waals surface area contributed by atoms with Gasteiger partial charge in [-0.2, -0.15) is 0 Å². The van der Waals surface area contributed by atoms with Gasteiger partial charge in [-0.25, -0.2) is 0 Å². The highest BCUT2D eigenvalue weighted by atomic mass is 16.1. The normalized spacial score (nSPS) is 12.9. The van der Waals surface area contributed by atoms with Gasteiger partial charge in [0, 0.05) is 18.8 Å². The first-order valence-corrected chi connectivity index (χ1v) is 7.88. The molecule has 3 nitrogen and oxygen atoms in total. The Labute approximate surface area is 129 Å². The van der Waals surface area contributed by atoms with Crippen molar-refractivity contribution in [3.05, 3.63) is 29.3 Å². The lowest BCUT2D eigenvalue weighted by Gasteiger charge is -2.27. The van der Waals surface area contributed by atoms with Gasteiger partial charge in [-0.15, -0.1) is 0 Å². The quantitative estimate of drug-likeness (QED) is 0.823. The lowest BCUT2D eigenvalue weighted by Crippen LogP contribution is -2.34. The van der Waals surface area contributed by atoms with Crippen molar-refractivity contribution in [2.24, 2.45) is 11.3 Å². The second-order valence-electron chi connectivity index (χ2n) is 6.95. The van der Waals surface area contributed by atoms with Gasteiger partial charge in [-0.1, -0.05) is 46.2 Å². The van der Waals surface area contributed by atoms with Crippen molar-refractivity contribution < 1.29 is 4.79 Å². The maximum Gasteiger partial charge on any atom is 0.253 e. The molecule has 0 spiro atoms. The molecule has 0 aliphatic rings. The summed E-state index contributed by atoms with van der Waals surface area (Å²) in [6.45, 7) is 14.5. The SMILES string of the molecule is CCCNc1ccc(C)cc1C(=O)NCC(C)C(C)(C)C. The standard InChI is InChI=1S/C18H30N2O/c1-7-10-19-16-9-8-13(2)11-15(16)17(21)20-12-14(3)18(4,5)6/h8-9,11,14,19H,7,10,12H2,1-6H3,(H,20,21). The van der Waals surface area contributed by atoms with Crippen LogP contribution in [-0.2, 0) is 0 Å². The summed E-state index contributed by atoms with van der Waals surface area (Å²) in [6.07, 6.45) is 1.04. The van der Waals surface area contributed by atoms with Crippen molar-refractivity contribution in [2.45, 2.75) is 48.0 Å². The van der Waals surface area contributed by atoms with Crippen molar-refractivity contribution in [2.75, 3.05) is 18.4 Å². The zero-order valence-electron chi connectivity index (χ0n) is 14.3. The summed E-state index contributed by atoms with van der Waals surface area (Å²) in [5.41, 5.74) is 2.96. The van der Waals surface area contributed by atoms with Crippen LogP contribution in [0.15, 0.2) is 18.2 Å². The van der Waals surface area contributed by atoms with Crippen LogP contribution in [0.1, 0.15) is 57.0 Å². The molecule has 1 aromatic rings. The van der Waals surface area contributed by atoms with Crippen LogP contribution in [-0.4, -0.2) is 19.0 Å². The second kappa shape index (κ2) is 7.48. The van der Waals surface area contributed by atoms with E-state index in [1.165, 1.54) is 0 Å². The number of aryl methyl sites for hydroxylation is 1. The molecule has 1 unspecified atom stereocenters. The Morgan fingerprint density at radius 1 is 1.29 bits per heavy atom. The van der Waals surface area contributed by atoms with E-state index < -0.39 is 0 Å². The molecule has 0 aromatic heterocycles. The number of rotatable bonds is 6. The average Bonchev–Trinajstić information content (AvgIpc) is 2.41. The molecule has 1 aromatic carbocycles. The van der Waals surface area contributed by atoms with Crippen molar-refractivity contribution in [1.82, 2.24) is 5.32 Å². The van der Waals surface area contributed by atoms with Crippen LogP contribution in [0.3, 0.4) is 0 Å². The number of carbonyl (C=O) groups is 1. The van der Waals surface area contributed by atoms with Crippen LogP contribution >= 0.6 is 0 Å². The van der Waals surface area contributed by atoms with Crippen molar-refractivity contribution >= 4 is 11.6 Å².